The molecule has 94 valence electrons. The van der Waals surface area contributed by atoms with Crippen molar-refractivity contribution in [3.8, 4) is 0 Å². The Morgan fingerprint density at radius 1 is 1.00 bits per heavy atom. The molecule has 0 fully saturated rings. The van der Waals surface area contributed by atoms with Crippen LogP contribution in [-0.4, -0.2) is 17.5 Å². The minimum atomic E-state index is -1.01. The second-order valence-corrected chi connectivity index (χ2v) is 4.87. The third-order valence-electron chi connectivity index (χ3n) is 1.93. The van der Waals surface area contributed by atoms with Gasteiger partial charge in [0, 0.05) is 12.4 Å². The summed E-state index contributed by atoms with van der Waals surface area (Å²) >= 11 is 0. The van der Waals surface area contributed by atoms with E-state index in [4.69, 9.17) is 4.74 Å². The van der Waals surface area contributed by atoms with Gasteiger partial charge in [-0.3, -0.25) is 4.79 Å². The minimum absolute atomic E-state index is 0.104. The topological polar surface area (TPSA) is 66.4 Å². The number of carboxylic acids is 1. The number of rotatable bonds is 7. The summed E-state index contributed by atoms with van der Waals surface area (Å²) in [6, 6.07) is 0. The second-order valence-electron chi connectivity index (χ2n) is 4.87. The van der Waals surface area contributed by atoms with Crippen LogP contribution in [0.3, 0.4) is 0 Å². The molecule has 4 heteroatoms. The van der Waals surface area contributed by atoms with E-state index in [1.54, 1.807) is 0 Å². The first kappa shape index (κ1) is 14.9. The van der Waals surface area contributed by atoms with Crippen molar-refractivity contribution in [2.24, 2.45) is 0 Å². The Kier molecular flexibility index (Phi) is 6.77. The number of carboxylic acid groups (broad SMARTS) is 1. The van der Waals surface area contributed by atoms with Crippen LogP contribution >= 0.6 is 0 Å². The van der Waals surface area contributed by atoms with Crippen molar-refractivity contribution in [2.75, 3.05) is 0 Å². The molecular weight excluding hydrogens is 208 g/mol. The lowest BCUT2D eigenvalue weighted by Gasteiger charge is -2.19. The van der Waals surface area contributed by atoms with Gasteiger partial charge in [0.05, 0.1) is 0 Å². The van der Waals surface area contributed by atoms with Crippen LogP contribution in [0, 0.1) is 0 Å². The smallest absolute Gasteiger partial charge is 0.306 e. The van der Waals surface area contributed by atoms with Gasteiger partial charge in [-0.1, -0.05) is 12.8 Å². The second kappa shape index (κ2) is 7.25. The lowest BCUT2D eigenvalue weighted by Crippen LogP contribution is -2.23. The number of esters is 1. The van der Waals surface area contributed by atoms with Crippen LogP contribution in [0.2, 0.25) is 0 Å². The van der Waals surface area contributed by atoms with Crippen molar-refractivity contribution in [3.05, 3.63) is 0 Å². The zero-order valence-electron chi connectivity index (χ0n) is 10.4. The number of carbonyl (C=O) groups is 2. The first-order valence-corrected chi connectivity index (χ1v) is 5.73. The molecule has 0 amide bonds. The number of hydrogen-bond acceptors (Lipinski definition) is 4. The van der Waals surface area contributed by atoms with Crippen LogP contribution in [0.25, 0.3) is 0 Å². The maximum Gasteiger partial charge on any atom is 0.306 e. The summed E-state index contributed by atoms with van der Waals surface area (Å²) in [5, 5.41) is 10.1. The van der Waals surface area contributed by atoms with Crippen LogP contribution in [0.4, 0.5) is 0 Å². The van der Waals surface area contributed by atoms with Crippen LogP contribution in [0.5, 0.6) is 0 Å². The predicted molar refractivity (Wildman–Crippen MR) is 58.6 cm³/mol. The molecule has 0 heterocycles. The number of carbonyl (C=O) groups excluding carboxylic acids is 2. The SMILES string of the molecule is CC(C)(C)OC(=O)CCCCCCC(=O)[O-]. The van der Waals surface area contributed by atoms with Crippen LogP contribution in [0.15, 0.2) is 0 Å². The maximum absolute atomic E-state index is 11.3. The van der Waals surface area contributed by atoms with E-state index < -0.39 is 11.6 Å². The largest absolute Gasteiger partial charge is 0.550 e. The van der Waals surface area contributed by atoms with Gasteiger partial charge in [-0.15, -0.1) is 0 Å². The summed E-state index contributed by atoms with van der Waals surface area (Å²) in [5.41, 5.74) is -0.425. The standard InChI is InChI=1S/C12H22O4/c1-12(2,3)16-11(15)9-7-5-4-6-8-10(13)14/h4-9H2,1-3H3,(H,13,14)/p-1. The zero-order valence-corrected chi connectivity index (χ0v) is 10.4. The van der Waals surface area contributed by atoms with E-state index in [0.29, 0.717) is 12.8 Å². The van der Waals surface area contributed by atoms with E-state index >= 15 is 0 Å². The van der Waals surface area contributed by atoms with Crippen molar-refractivity contribution < 1.29 is 19.4 Å². The average molecular weight is 229 g/mol. The van der Waals surface area contributed by atoms with Gasteiger partial charge in [0.25, 0.3) is 0 Å². The van der Waals surface area contributed by atoms with Crippen LogP contribution < -0.4 is 5.11 Å². The molecule has 0 aliphatic carbocycles. The van der Waals surface area contributed by atoms with Gasteiger partial charge in [0.2, 0.25) is 0 Å². The van der Waals surface area contributed by atoms with Gasteiger partial charge >= 0.3 is 5.97 Å². The van der Waals surface area contributed by atoms with Crippen molar-refractivity contribution in [1.29, 1.82) is 0 Å². The van der Waals surface area contributed by atoms with Crippen LogP contribution in [0.1, 0.15) is 59.3 Å². The Bertz CT molecular complexity index is 228. The Morgan fingerprint density at radius 2 is 1.50 bits per heavy atom. The fourth-order valence-electron chi connectivity index (χ4n) is 1.28. The van der Waals surface area contributed by atoms with Gasteiger partial charge in [-0.05, 0) is 40.0 Å². The van der Waals surface area contributed by atoms with Gasteiger partial charge in [-0.2, -0.15) is 0 Å². The molecule has 0 aliphatic rings. The van der Waals surface area contributed by atoms with Gasteiger partial charge in [-0.25, -0.2) is 0 Å². The normalized spacial score (nSPS) is 11.2. The molecular formula is C12H21O4-. The van der Waals surface area contributed by atoms with E-state index in [-0.39, 0.29) is 12.4 Å². The average Bonchev–Trinajstić information content (AvgIpc) is 2.07. The molecule has 0 atom stereocenters. The van der Waals surface area contributed by atoms with Crippen molar-refractivity contribution in [1.82, 2.24) is 0 Å². The fraction of sp³-hybridized carbons (Fsp3) is 0.833. The maximum atomic E-state index is 11.3. The van der Waals surface area contributed by atoms with Gasteiger partial charge in [0.1, 0.15) is 5.60 Å². The molecule has 0 saturated heterocycles. The summed E-state index contributed by atoms with van der Waals surface area (Å²) in [6.45, 7) is 5.51. The monoisotopic (exact) mass is 229 g/mol. The highest BCUT2D eigenvalue weighted by molar-refractivity contribution is 5.69. The quantitative estimate of drug-likeness (QED) is 0.489. The molecule has 0 rings (SSSR count). The first-order valence-electron chi connectivity index (χ1n) is 5.73. The molecule has 16 heavy (non-hydrogen) atoms. The number of hydrogen-bond donors (Lipinski definition) is 0. The molecule has 0 saturated carbocycles. The molecule has 0 aromatic rings. The fourth-order valence-corrected chi connectivity index (χ4v) is 1.28. The summed E-state index contributed by atoms with van der Waals surface area (Å²) in [6.07, 6.45) is 3.55. The molecule has 0 unspecified atom stereocenters. The van der Waals surface area contributed by atoms with E-state index in [1.807, 2.05) is 20.8 Å². The van der Waals surface area contributed by atoms with Crippen LogP contribution in [-0.2, 0) is 14.3 Å². The summed E-state index contributed by atoms with van der Waals surface area (Å²) in [4.78, 5) is 21.4. The molecule has 0 bridgehead atoms. The minimum Gasteiger partial charge on any atom is -0.550 e. The van der Waals surface area contributed by atoms with Gasteiger partial charge < -0.3 is 14.6 Å². The molecule has 0 aromatic carbocycles. The highest BCUT2D eigenvalue weighted by atomic mass is 16.6. The summed E-state index contributed by atoms with van der Waals surface area (Å²) in [7, 11) is 0. The first-order chi connectivity index (χ1) is 7.31. The zero-order chi connectivity index (χ0) is 12.6. The van der Waals surface area contributed by atoms with Crippen molar-refractivity contribution in [3.63, 3.8) is 0 Å². The summed E-state index contributed by atoms with van der Waals surface area (Å²) in [5.74, 6) is -1.19. The Labute approximate surface area is 97.0 Å². The third kappa shape index (κ3) is 11.0. The molecule has 0 aliphatic heterocycles. The highest BCUT2D eigenvalue weighted by Crippen LogP contribution is 2.11. The Balaban J connectivity index is 3.38. The highest BCUT2D eigenvalue weighted by Gasteiger charge is 2.15. The Hall–Kier alpha value is -1.06. The summed E-state index contributed by atoms with van der Waals surface area (Å²) < 4.78 is 5.14. The molecule has 0 spiro atoms. The van der Waals surface area contributed by atoms with E-state index in [0.717, 1.165) is 19.3 Å². The lowest BCUT2D eigenvalue weighted by molar-refractivity contribution is -0.305. The van der Waals surface area contributed by atoms with E-state index in [9.17, 15) is 14.7 Å². The Morgan fingerprint density at radius 3 is 1.94 bits per heavy atom. The number of unbranched alkanes of at least 4 members (excludes halogenated alkanes) is 3. The molecule has 0 N–H and O–H groups in total. The molecule has 0 radical (unpaired) electrons. The van der Waals surface area contributed by atoms with Crippen molar-refractivity contribution >= 4 is 11.9 Å². The third-order valence-corrected chi connectivity index (χ3v) is 1.93. The van der Waals surface area contributed by atoms with Gasteiger partial charge in [0.15, 0.2) is 0 Å². The van der Waals surface area contributed by atoms with E-state index in [2.05, 4.69) is 0 Å². The predicted octanol–water partition coefficient (Wildman–Crippen LogP) is 1.42. The van der Waals surface area contributed by atoms with E-state index in [1.165, 1.54) is 0 Å². The number of aliphatic carboxylic acids is 1. The number of ether oxygens (including phenoxy) is 1. The lowest BCUT2D eigenvalue weighted by atomic mass is 10.1. The molecule has 0 aromatic heterocycles. The van der Waals surface area contributed by atoms with Crippen molar-refractivity contribution in [2.45, 2.75) is 64.9 Å². The molecule has 4 nitrogen and oxygen atoms in total.